The normalized spacial score (nSPS) is 17.5. The maximum Gasteiger partial charge on any atom is 0.237 e. The first-order valence-electron chi connectivity index (χ1n) is 10.4. The number of carbonyl (C=O) groups is 1. The lowest BCUT2D eigenvalue weighted by atomic mass is 9.95. The van der Waals surface area contributed by atoms with Crippen LogP contribution in [0.5, 0.6) is 0 Å². The van der Waals surface area contributed by atoms with Crippen LogP contribution in [0.3, 0.4) is 0 Å². The Kier molecular flexibility index (Phi) is 6.13. The summed E-state index contributed by atoms with van der Waals surface area (Å²) in [5, 5.41) is 10.1. The van der Waals surface area contributed by atoms with Gasteiger partial charge in [-0.2, -0.15) is 0 Å². The summed E-state index contributed by atoms with van der Waals surface area (Å²) in [4.78, 5) is 17.3. The molecule has 4 rings (SSSR count). The van der Waals surface area contributed by atoms with Gasteiger partial charge in [-0.05, 0) is 42.8 Å². The topological polar surface area (TPSA) is 56.9 Å². The number of thiophene rings is 1. The summed E-state index contributed by atoms with van der Waals surface area (Å²) >= 11 is 1.77. The molecule has 1 fully saturated rings. The van der Waals surface area contributed by atoms with E-state index in [0.717, 1.165) is 24.9 Å². The minimum Gasteiger partial charge on any atom is -0.361 e. The second-order valence-electron chi connectivity index (χ2n) is 7.83. The number of rotatable bonds is 7. The van der Waals surface area contributed by atoms with Crippen molar-refractivity contribution in [3.63, 3.8) is 0 Å². The molecule has 2 atom stereocenters. The Morgan fingerprint density at radius 2 is 2.00 bits per heavy atom. The number of aromatic amines is 1. The molecular formula is C23H29N3OS. The maximum atomic E-state index is 12.6. The van der Waals surface area contributed by atoms with Crippen LogP contribution in [0.2, 0.25) is 0 Å². The number of hydrogen-bond donors (Lipinski definition) is 3. The van der Waals surface area contributed by atoms with E-state index in [0.29, 0.717) is 6.04 Å². The molecule has 2 heterocycles. The highest BCUT2D eigenvalue weighted by atomic mass is 32.1. The second kappa shape index (κ2) is 8.93. The molecule has 0 aliphatic heterocycles. The third kappa shape index (κ3) is 4.31. The minimum absolute atomic E-state index is 0.121. The van der Waals surface area contributed by atoms with Crippen LogP contribution in [0.1, 0.15) is 55.4 Å². The van der Waals surface area contributed by atoms with Gasteiger partial charge in [0.15, 0.2) is 0 Å². The fourth-order valence-corrected chi connectivity index (χ4v) is 5.04. The molecule has 2 aromatic heterocycles. The van der Waals surface area contributed by atoms with Crippen molar-refractivity contribution in [2.24, 2.45) is 0 Å². The van der Waals surface area contributed by atoms with Crippen LogP contribution in [0.25, 0.3) is 10.9 Å². The van der Waals surface area contributed by atoms with Gasteiger partial charge >= 0.3 is 0 Å². The molecule has 0 unspecified atom stereocenters. The van der Waals surface area contributed by atoms with E-state index in [-0.39, 0.29) is 17.9 Å². The molecule has 1 aliphatic rings. The summed E-state index contributed by atoms with van der Waals surface area (Å²) in [6, 6.07) is 12.9. The van der Waals surface area contributed by atoms with Crippen molar-refractivity contribution in [3.8, 4) is 0 Å². The Hall–Kier alpha value is -2.11. The summed E-state index contributed by atoms with van der Waals surface area (Å²) in [5.41, 5.74) is 2.44. The van der Waals surface area contributed by atoms with Gasteiger partial charge in [0.2, 0.25) is 5.91 Å². The van der Waals surface area contributed by atoms with Crippen LogP contribution in [0.4, 0.5) is 0 Å². The van der Waals surface area contributed by atoms with Crippen LogP contribution < -0.4 is 10.6 Å². The number of amides is 1. The average Bonchev–Trinajstić information content (AvgIpc) is 3.40. The molecule has 0 spiro atoms. The number of carbonyl (C=O) groups excluding carboxylic acids is 1. The van der Waals surface area contributed by atoms with E-state index in [1.165, 1.54) is 35.1 Å². The van der Waals surface area contributed by atoms with Gasteiger partial charge in [-0.15, -0.1) is 11.3 Å². The van der Waals surface area contributed by atoms with Gasteiger partial charge in [0.25, 0.3) is 0 Å². The Balaban J connectivity index is 1.45. The quantitative estimate of drug-likeness (QED) is 0.539. The number of H-pyrrole nitrogens is 1. The first-order chi connectivity index (χ1) is 13.7. The van der Waals surface area contributed by atoms with Gasteiger partial charge in [-0.1, -0.05) is 43.5 Å². The number of nitrogens with one attached hydrogen (secondary N) is 3. The lowest BCUT2D eigenvalue weighted by molar-refractivity contribution is -0.123. The summed E-state index contributed by atoms with van der Waals surface area (Å²) < 4.78 is 0. The summed E-state index contributed by atoms with van der Waals surface area (Å²) in [6.45, 7) is 2.71. The molecule has 1 aliphatic carbocycles. The second-order valence-corrected chi connectivity index (χ2v) is 8.81. The fourth-order valence-electron chi connectivity index (χ4n) is 4.20. The molecule has 1 aromatic carbocycles. The van der Waals surface area contributed by atoms with Crippen molar-refractivity contribution in [2.45, 2.75) is 57.0 Å². The third-order valence-electron chi connectivity index (χ3n) is 5.86. The predicted molar refractivity (Wildman–Crippen MR) is 117 cm³/mol. The Morgan fingerprint density at radius 3 is 2.79 bits per heavy atom. The molecule has 1 saturated carbocycles. The Bertz CT molecular complexity index is 896. The summed E-state index contributed by atoms with van der Waals surface area (Å²) in [5.74, 6) is 0.344. The highest BCUT2D eigenvalue weighted by Gasteiger charge is 2.23. The lowest BCUT2D eigenvalue weighted by Gasteiger charge is -2.25. The van der Waals surface area contributed by atoms with Crippen molar-refractivity contribution in [1.82, 2.24) is 15.6 Å². The third-order valence-corrected chi connectivity index (χ3v) is 6.84. The number of aromatic nitrogens is 1. The molecule has 1 amide bonds. The number of fused-ring (bicyclic) bond motifs is 1. The average molecular weight is 396 g/mol. The Labute approximate surface area is 170 Å². The lowest BCUT2D eigenvalue weighted by Crippen LogP contribution is -2.47. The minimum atomic E-state index is -0.199. The smallest absolute Gasteiger partial charge is 0.237 e. The van der Waals surface area contributed by atoms with E-state index in [9.17, 15) is 4.79 Å². The number of hydrogen-bond acceptors (Lipinski definition) is 3. The summed E-state index contributed by atoms with van der Waals surface area (Å²) in [7, 11) is 0. The largest absolute Gasteiger partial charge is 0.361 e. The molecule has 0 saturated heterocycles. The van der Waals surface area contributed by atoms with Crippen molar-refractivity contribution in [1.29, 1.82) is 0 Å². The zero-order valence-corrected chi connectivity index (χ0v) is 17.2. The van der Waals surface area contributed by atoms with Crippen LogP contribution in [-0.2, 0) is 4.79 Å². The van der Waals surface area contributed by atoms with Crippen molar-refractivity contribution in [2.75, 3.05) is 6.54 Å². The van der Waals surface area contributed by atoms with Crippen molar-refractivity contribution in [3.05, 3.63) is 58.4 Å². The van der Waals surface area contributed by atoms with Gasteiger partial charge < -0.3 is 15.6 Å². The summed E-state index contributed by atoms with van der Waals surface area (Å²) in [6.07, 6.45) is 8.11. The van der Waals surface area contributed by atoms with Crippen LogP contribution >= 0.6 is 11.3 Å². The first kappa shape index (κ1) is 19.2. The van der Waals surface area contributed by atoms with E-state index in [2.05, 4.69) is 63.6 Å². The van der Waals surface area contributed by atoms with E-state index in [4.69, 9.17) is 0 Å². The molecule has 0 radical (unpaired) electrons. The highest BCUT2D eigenvalue weighted by Crippen LogP contribution is 2.32. The molecule has 4 nitrogen and oxygen atoms in total. The Morgan fingerprint density at radius 1 is 1.18 bits per heavy atom. The first-order valence-corrected chi connectivity index (χ1v) is 11.2. The zero-order valence-electron chi connectivity index (χ0n) is 16.4. The predicted octanol–water partition coefficient (Wildman–Crippen LogP) is 4.79. The van der Waals surface area contributed by atoms with E-state index < -0.39 is 0 Å². The standard InChI is InChI=1S/C23H29N3OS/c1-16(23(27)26-17-8-3-2-4-9-17)24-15-20(22-12-7-13-28-22)19-14-25-21-11-6-5-10-18(19)21/h5-7,10-14,16-17,20,24-25H,2-4,8-9,15H2,1H3,(H,26,27)/t16-,20-/m0/s1. The molecule has 3 N–H and O–H groups in total. The molecule has 0 bridgehead atoms. The van der Waals surface area contributed by atoms with E-state index >= 15 is 0 Å². The fraction of sp³-hybridized carbons (Fsp3) is 0.435. The maximum absolute atomic E-state index is 12.6. The van der Waals surface area contributed by atoms with E-state index in [1.54, 1.807) is 11.3 Å². The SMILES string of the molecule is C[C@H](NC[C@H](c1cccs1)c1c[nH]c2ccccc12)C(=O)NC1CCCCC1. The molecular weight excluding hydrogens is 366 g/mol. The highest BCUT2D eigenvalue weighted by molar-refractivity contribution is 7.10. The monoisotopic (exact) mass is 395 g/mol. The van der Waals surface area contributed by atoms with Gasteiger partial charge in [0.1, 0.15) is 0 Å². The van der Waals surface area contributed by atoms with E-state index in [1.807, 2.05) is 6.92 Å². The van der Waals surface area contributed by atoms with Gasteiger partial charge in [-0.3, -0.25) is 4.79 Å². The molecule has 28 heavy (non-hydrogen) atoms. The molecule has 5 heteroatoms. The zero-order chi connectivity index (χ0) is 19.3. The van der Waals surface area contributed by atoms with Crippen molar-refractivity contribution < 1.29 is 4.79 Å². The molecule has 3 aromatic rings. The van der Waals surface area contributed by atoms with Gasteiger partial charge in [-0.25, -0.2) is 0 Å². The van der Waals surface area contributed by atoms with Crippen molar-refractivity contribution >= 4 is 28.1 Å². The number of benzene rings is 1. The van der Waals surface area contributed by atoms with Gasteiger partial charge in [0, 0.05) is 40.5 Å². The molecule has 148 valence electrons. The van der Waals surface area contributed by atoms with Gasteiger partial charge in [0.05, 0.1) is 6.04 Å². The van der Waals surface area contributed by atoms with Crippen LogP contribution in [0, 0.1) is 0 Å². The number of para-hydroxylation sites is 1. The van der Waals surface area contributed by atoms with Crippen LogP contribution in [-0.4, -0.2) is 29.5 Å². The van der Waals surface area contributed by atoms with Crippen LogP contribution in [0.15, 0.2) is 48.0 Å².